The molecule has 0 aliphatic carbocycles. The van der Waals surface area contributed by atoms with Crippen LogP contribution in [0.5, 0.6) is 0 Å². The maximum atomic E-state index is 11.6. The van der Waals surface area contributed by atoms with Crippen molar-refractivity contribution >= 4 is 5.78 Å². The van der Waals surface area contributed by atoms with Crippen LogP contribution in [0.1, 0.15) is 25.7 Å². The van der Waals surface area contributed by atoms with Gasteiger partial charge in [-0.05, 0) is 19.3 Å². The first-order valence-electron chi connectivity index (χ1n) is 4.70. The van der Waals surface area contributed by atoms with Crippen molar-refractivity contribution in [2.45, 2.75) is 31.2 Å². The van der Waals surface area contributed by atoms with Crippen LogP contribution in [0.25, 0.3) is 0 Å². The smallest absolute Gasteiger partial charge is 0.155 e. The summed E-state index contributed by atoms with van der Waals surface area (Å²) in [5, 5.41) is 0. The Hall–Kier alpha value is -0.670. The molecule has 1 rings (SSSR count). The molecule has 3 heteroatoms. The highest BCUT2D eigenvalue weighted by Crippen LogP contribution is 2.19. The third-order valence-electron chi connectivity index (χ3n) is 2.42. The van der Waals surface area contributed by atoms with Gasteiger partial charge in [-0.15, -0.1) is 6.58 Å². The second-order valence-corrected chi connectivity index (χ2v) is 3.56. The Morgan fingerprint density at radius 1 is 1.69 bits per heavy atom. The molecule has 0 aromatic rings. The average molecular weight is 183 g/mol. The molecular weight excluding hydrogens is 166 g/mol. The molecule has 1 aliphatic rings. The normalized spacial score (nSPS) is 27.5. The topological polar surface area (TPSA) is 52.3 Å². The monoisotopic (exact) mass is 183 g/mol. The van der Waals surface area contributed by atoms with Gasteiger partial charge in [-0.25, -0.2) is 0 Å². The average Bonchev–Trinajstić information content (AvgIpc) is 2.54. The van der Waals surface area contributed by atoms with Crippen LogP contribution in [0.15, 0.2) is 12.7 Å². The molecule has 1 atom stereocenters. The SMILES string of the molecule is C=CCCCC(=O)C1(N)CCOC1. The van der Waals surface area contributed by atoms with Gasteiger partial charge in [-0.2, -0.15) is 0 Å². The molecule has 13 heavy (non-hydrogen) atoms. The van der Waals surface area contributed by atoms with E-state index in [0.717, 1.165) is 12.8 Å². The van der Waals surface area contributed by atoms with Crippen molar-refractivity contribution in [3.05, 3.63) is 12.7 Å². The highest BCUT2D eigenvalue weighted by molar-refractivity contribution is 5.88. The van der Waals surface area contributed by atoms with Crippen molar-refractivity contribution in [3.8, 4) is 0 Å². The summed E-state index contributed by atoms with van der Waals surface area (Å²) in [5.74, 6) is 0.131. The van der Waals surface area contributed by atoms with Crippen LogP contribution in [0.3, 0.4) is 0 Å². The fourth-order valence-electron chi connectivity index (χ4n) is 1.46. The maximum absolute atomic E-state index is 11.6. The predicted molar refractivity (Wildman–Crippen MR) is 51.4 cm³/mol. The third kappa shape index (κ3) is 2.64. The Balaban J connectivity index is 2.33. The van der Waals surface area contributed by atoms with E-state index in [9.17, 15) is 4.79 Å². The van der Waals surface area contributed by atoms with Crippen molar-refractivity contribution in [2.75, 3.05) is 13.2 Å². The molecule has 0 aromatic heterocycles. The molecule has 0 spiro atoms. The number of unbranched alkanes of at least 4 members (excludes halogenated alkanes) is 1. The number of nitrogens with two attached hydrogens (primary N) is 1. The lowest BCUT2D eigenvalue weighted by atomic mass is 9.91. The van der Waals surface area contributed by atoms with E-state index < -0.39 is 5.54 Å². The third-order valence-corrected chi connectivity index (χ3v) is 2.42. The van der Waals surface area contributed by atoms with E-state index in [1.165, 1.54) is 0 Å². The molecule has 0 bridgehead atoms. The summed E-state index contributed by atoms with van der Waals surface area (Å²) in [7, 11) is 0. The number of hydrogen-bond acceptors (Lipinski definition) is 3. The van der Waals surface area contributed by atoms with Gasteiger partial charge in [0.25, 0.3) is 0 Å². The Labute approximate surface area is 78.9 Å². The molecule has 1 heterocycles. The second kappa shape index (κ2) is 4.53. The van der Waals surface area contributed by atoms with Gasteiger partial charge in [-0.1, -0.05) is 6.08 Å². The van der Waals surface area contributed by atoms with Crippen LogP contribution in [-0.4, -0.2) is 24.5 Å². The Kier molecular flexibility index (Phi) is 3.63. The Morgan fingerprint density at radius 3 is 3.00 bits per heavy atom. The van der Waals surface area contributed by atoms with E-state index in [-0.39, 0.29) is 5.78 Å². The zero-order chi connectivity index (χ0) is 9.73. The summed E-state index contributed by atoms with van der Waals surface area (Å²) in [5.41, 5.74) is 5.19. The standard InChI is InChI=1S/C10H17NO2/c1-2-3-4-5-9(12)10(11)6-7-13-8-10/h2H,1,3-8,11H2. The summed E-state index contributed by atoms with van der Waals surface area (Å²) < 4.78 is 5.12. The Bertz CT molecular complexity index is 195. The van der Waals surface area contributed by atoms with Crippen molar-refractivity contribution in [2.24, 2.45) is 5.73 Å². The highest BCUT2D eigenvalue weighted by atomic mass is 16.5. The number of rotatable bonds is 5. The molecule has 1 unspecified atom stereocenters. The van der Waals surface area contributed by atoms with Crippen molar-refractivity contribution in [1.29, 1.82) is 0 Å². The van der Waals surface area contributed by atoms with Crippen LogP contribution < -0.4 is 5.73 Å². The fraction of sp³-hybridized carbons (Fsp3) is 0.700. The van der Waals surface area contributed by atoms with Crippen molar-refractivity contribution < 1.29 is 9.53 Å². The molecule has 1 saturated heterocycles. The summed E-state index contributed by atoms with van der Waals surface area (Å²) >= 11 is 0. The van der Waals surface area contributed by atoms with Gasteiger partial charge in [0.15, 0.2) is 5.78 Å². The quantitative estimate of drug-likeness (QED) is 0.511. The lowest BCUT2D eigenvalue weighted by Crippen LogP contribution is -2.48. The number of allylic oxidation sites excluding steroid dienone is 1. The molecule has 3 nitrogen and oxygen atoms in total. The van der Waals surface area contributed by atoms with Gasteiger partial charge in [-0.3, -0.25) is 4.79 Å². The summed E-state index contributed by atoms with van der Waals surface area (Å²) in [6.45, 7) is 4.61. The van der Waals surface area contributed by atoms with E-state index in [1.807, 2.05) is 6.08 Å². The number of carbonyl (C=O) groups is 1. The van der Waals surface area contributed by atoms with Gasteiger partial charge in [0.2, 0.25) is 0 Å². The minimum atomic E-state index is -0.693. The first kappa shape index (κ1) is 10.4. The van der Waals surface area contributed by atoms with Crippen LogP contribution in [0.4, 0.5) is 0 Å². The largest absolute Gasteiger partial charge is 0.379 e. The molecule has 2 N–H and O–H groups in total. The molecule has 1 fully saturated rings. The van der Waals surface area contributed by atoms with Crippen molar-refractivity contribution in [1.82, 2.24) is 0 Å². The lowest BCUT2D eigenvalue weighted by molar-refractivity contribution is -0.124. The molecule has 1 aliphatic heterocycles. The first-order valence-corrected chi connectivity index (χ1v) is 4.70. The fourth-order valence-corrected chi connectivity index (χ4v) is 1.46. The summed E-state index contributed by atoms with van der Waals surface area (Å²) in [4.78, 5) is 11.6. The van der Waals surface area contributed by atoms with Crippen LogP contribution in [-0.2, 0) is 9.53 Å². The van der Waals surface area contributed by atoms with Gasteiger partial charge < -0.3 is 10.5 Å². The van der Waals surface area contributed by atoms with Crippen LogP contribution >= 0.6 is 0 Å². The number of hydrogen-bond donors (Lipinski definition) is 1. The minimum Gasteiger partial charge on any atom is -0.379 e. The Morgan fingerprint density at radius 2 is 2.46 bits per heavy atom. The van der Waals surface area contributed by atoms with Crippen molar-refractivity contribution in [3.63, 3.8) is 0 Å². The number of ether oxygens (including phenoxy) is 1. The summed E-state index contributed by atoms with van der Waals surface area (Å²) in [6.07, 6.45) is 4.76. The second-order valence-electron chi connectivity index (χ2n) is 3.56. The van der Waals surface area contributed by atoms with E-state index >= 15 is 0 Å². The zero-order valence-corrected chi connectivity index (χ0v) is 7.92. The highest BCUT2D eigenvalue weighted by Gasteiger charge is 2.36. The number of ketones is 1. The number of carbonyl (C=O) groups excluding carboxylic acids is 1. The first-order chi connectivity index (χ1) is 6.19. The van der Waals surface area contributed by atoms with E-state index in [1.54, 1.807) is 0 Å². The van der Waals surface area contributed by atoms with E-state index in [2.05, 4.69) is 6.58 Å². The molecule has 0 saturated carbocycles. The molecular formula is C10H17NO2. The van der Waals surface area contributed by atoms with Gasteiger partial charge in [0.05, 0.1) is 6.61 Å². The lowest BCUT2D eigenvalue weighted by Gasteiger charge is -2.19. The van der Waals surface area contributed by atoms with Gasteiger partial charge >= 0.3 is 0 Å². The zero-order valence-electron chi connectivity index (χ0n) is 7.92. The molecule has 0 aromatic carbocycles. The van der Waals surface area contributed by atoms with Gasteiger partial charge in [0, 0.05) is 13.0 Å². The van der Waals surface area contributed by atoms with Crippen LogP contribution in [0.2, 0.25) is 0 Å². The summed E-state index contributed by atoms with van der Waals surface area (Å²) in [6, 6.07) is 0. The van der Waals surface area contributed by atoms with E-state index in [4.69, 9.17) is 10.5 Å². The molecule has 0 amide bonds. The van der Waals surface area contributed by atoms with E-state index in [0.29, 0.717) is 26.1 Å². The van der Waals surface area contributed by atoms with Gasteiger partial charge in [0.1, 0.15) is 5.54 Å². The number of Topliss-reactive ketones (excluding diaryl/α,β-unsaturated/α-hetero) is 1. The molecule has 74 valence electrons. The minimum absolute atomic E-state index is 0.131. The maximum Gasteiger partial charge on any atom is 0.155 e. The van der Waals surface area contributed by atoms with Crippen LogP contribution in [0, 0.1) is 0 Å². The predicted octanol–water partition coefficient (Wildman–Crippen LogP) is 1.03. The molecule has 0 radical (unpaired) electrons.